The van der Waals surface area contributed by atoms with E-state index >= 15 is 0 Å². The van der Waals surface area contributed by atoms with Crippen molar-refractivity contribution in [3.8, 4) is 23.0 Å². The lowest BCUT2D eigenvalue weighted by atomic mass is 10.1. The van der Waals surface area contributed by atoms with Gasteiger partial charge in [0.25, 0.3) is 5.69 Å². The summed E-state index contributed by atoms with van der Waals surface area (Å²) in [5, 5.41) is 27.7. The number of benzene rings is 12. The van der Waals surface area contributed by atoms with Crippen molar-refractivity contribution in [2.75, 3.05) is 127 Å². The van der Waals surface area contributed by atoms with Crippen molar-refractivity contribution in [2.45, 2.75) is 96.9 Å². The van der Waals surface area contributed by atoms with Gasteiger partial charge < -0.3 is 49.0 Å². The largest absolute Gasteiger partial charge is 0.457 e. The SMILES string of the molecule is CCN(CC)c1ccc(N=Nc2ccc([N+](=O)[O-])cc2)c(Oc2cccc3cc(N(CC)CC)ccc23)c1.CCN(CC)c1ccc2nc3ccc4cc(=[N+](CC)CC)ccc4c3oc2c1.CCN(CC)c1cccc(I)c1.CCN(CC)c1cccc(Oc2cccc3cc(N(CC)CC)ccc23)c1.Nc1cccc(I)c1. The number of nitro benzene ring substituents is 1. The van der Waals surface area contributed by atoms with Crippen LogP contribution in [0.2, 0.25) is 0 Å². The molecule has 17 nitrogen and oxygen atoms in total. The summed E-state index contributed by atoms with van der Waals surface area (Å²) in [4.78, 5) is 29.3. The predicted octanol–water partition coefficient (Wildman–Crippen LogP) is 24.8. The van der Waals surface area contributed by atoms with E-state index in [1.807, 2.05) is 66.7 Å². The maximum Gasteiger partial charge on any atom is 0.269 e. The number of azo groups is 1. The Bertz CT molecular complexity index is 5320. The quantitative estimate of drug-likeness (QED) is 0.00758. The molecule has 19 heteroatoms. The van der Waals surface area contributed by atoms with Crippen molar-refractivity contribution >= 4 is 157 Å². The molecule has 13 rings (SSSR count). The molecule has 113 heavy (non-hydrogen) atoms. The van der Waals surface area contributed by atoms with Gasteiger partial charge in [-0.3, -0.25) is 10.1 Å². The first-order valence-electron chi connectivity index (χ1n) is 39.8. The molecular formula is C94H111I2N12O5+. The van der Waals surface area contributed by atoms with Crippen LogP contribution in [0.1, 0.15) is 96.9 Å². The van der Waals surface area contributed by atoms with Gasteiger partial charge in [0.05, 0.1) is 10.6 Å². The number of rotatable bonds is 27. The molecule has 12 aromatic carbocycles. The number of nitrogens with two attached hydrogens (primary N) is 1. The minimum absolute atomic E-state index is 0.0108. The van der Waals surface area contributed by atoms with Gasteiger partial charge in [0.1, 0.15) is 47.1 Å². The summed E-state index contributed by atoms with van der Waals surface area (Å²) >= 11 is 4.57. The molecule has 0 atom stereocenters. The van der Waals surface area contributed by atoms with Crippen LogP contribution in [-0.2, 0) is 0 Å². The number of aromatic nitrogens is 1. The van der Waals surface area contributed by atoms with E-state index in [1.165, 1.54) is 63.8 Å². The zero-order valence-electron chi connectivity index (χ0n) is 68.2. The first-order valence-corrected chi connectivity index (χ1v) is 42.0. The van der Waals surface area contributed by atoms with E-state index in [-0.39, 0.29) is 5.69 Å². The smallest absolute Gasteiger partial charge is 0.269 e. The molecule has 1 aromatic heterocycles. The summed E-state index contributed by atoms with van der Waals surface area (Å²) in [5.41, 5.74) is 18.0. The Morgan fingerprint density at radius 1 is 0.398 bits per heavy atom. The highest BCUT2D eigenvalue weighted by molar-refractivity contribution is 14.1. The molecule has 0 aliphatic rings. The Hall–Kier alpha value is -10.5. The van der Waals surface area contributed by atoms with Crippen molar-refractivity contribution < 1.29 is 18.8 Å². The van der Waals surface area contributed by atoms with Gasteiger partial charge in [-0.25, -0.2) is 9.56 Å². The standard InChI is InChI=1S/C30H33N5O3.C24H28N3O.C24H30N2O.C10H14IN.C6H6IN/c1-5-33(6-2)25-16-18-27-22(20-25)10-9-11-29(27)38-30-21-26(34(7-3)8-4)17-19-28(30)32-31-23-12-14-24(15-13-23)35(36)37;1-5-26(6-2)18-10-12-20-17(15-18)9-13-22-24(20)28-23-16-19(27(7-3)8-4)11-14-21(23)25-22;1-5-25(6-2)20-12-10-13-22(18-20)27-24-14-9-11-19-17-21(15-16-23(19)24)26(7-3)8-4;1-3-12(4-2)10-7-5-6-9(11)8-10;7-5-2-1-3-6(8)4-5/h9-21H,5-8H2,1-4H3;9-16H,5-8H2,1-4H3;9-18H,5-8H2,1-4H3;5-8H,3-4H2,1-2H3;1-4H,8H2/q;+1;;;. The highest BCUT2D eigenvalue weighted by Crippen LogP contribution is 2.41. The zero-order valence-corrected chi connectivity index (χ0v) is 72.5. The predicted molar refractivity (Wildman–Crippen MR) is 498 cm³/mol. The molecule has 0 fully saturated rings. The minimum atomic E-state index is -0.437. The molecule has 0 unspecified atom stereocenters. The van der Waals surface area contributed by atoms with Crippen LogP contribution in [0.25, 0.3) is 54.5 Å². The number of fused-ring (bicyclic) bond motifs is 6. The van der Waals surface area contributed by atoms with Gasteiger partial charge in [0, 0.05) is 184 Å². The molecule has 13 aromatic rings. The molecule has 1 heterocycles. The normalized spacial score (nSPS) is 10.9. The first kappa shape index (κ1) is 86.5. The maximum atomic E-state index is 11.0. The summed E-state index contributed by atoms with van der Waals surface area (Å²) in [6, 6.07) is 79.0. The zero-order chi connectivity index (χ0) is 80.9. The molecular weight excluding hydrogens is 1630 g/mol. The third-order valence-electron chi connectivity index (χ3n) is 20.1. The van der Waals surface area contributed by atoms with Gasteiger partial charge in [-0.1, -0.05) is 48.5 Å². The molecule has 0 aliphatic carbocycles. The molecule has 0 saturated carbocycles. The maximum absolute atomic E-state index is 11.0. The Morgan fingerprint density at radius 3 is 1.35 bits per heavy atom. The number of nitro groups is 1. The van der Waals surface area contributed by atoms with E-state index in [9.17, 15) is 10.1 Å². The lowest BCUT2D eigenvalue weighted by Gasteiger charge is -2.23. The fourth-order valence-corrected chi connectivity index (χ4v) is 14.8. The number of hydrogen-bond donors (Lipinski definition) is 1. The fourth-order valence-electron chi connectivity index (χ4n) is 13.7. The van der Waals surface area contributed by atoms with Crippen LogP contribution in [0.15, 0.2) is 251 Å². The van der Waals surface area contributed by atoms with Crippen LogP contribution >= 0.6 is 45.2 Å². The van der Waals surface area contributed by atoms with Crippen molar-refractivity contribution in [1.82, 2.24) is 9.56 Å². The average molecular weight is 1740 g/mol. The van der Waals surface area contributed by atoms with Crippen LogP contribution in [0.4, 0.5) is 56.9 Å². The van der Waals surface area contributed by atoms with E-state index in [1.54, 1.807) is 12.1 Å². The van der Waals surface area contributed by atoms with E-state index < -0.39 is 4.92 Å². The van der Waals surface area contributed by atoms with E-state index in [4.69, 9.17) is 24.6 Å². The van der Waals surface area contributed by atoms with Gasteiger partial charge in [-0.05, 0) is 304 Å². The van der Waals surface area contributed by atoms with Crippen molar-refractivity contribution in [2.24, 2.45) is 10.2 Å². The topological polar surface area (TPSA) is 161 Å². The second-order valence-electron chi connectivity index (χ2n) is 26.6. The number of non-ortho nitro benzene ring substituents is 1. The van der Waals surface area contributed by atoms with Crippen LogP contribution in [0.3, 0.4) is 0 Å². The molecule has 590 valence electrons. The van der Waals surface area contributed by atoms with Gasteiger partial charge in [0.15, 0.2) is 16.9 Å². The molecule has 0 amide bonds. The Balaban J connectivity index is 0.000000175. The summed E-state index contributed by atoms with van der Waals surface area (Å²) < 4.78 is 24.0. The molecule has 0 aliphatic heterocycles. The summed E-state index contributed by atoms with van der Waals surface area (Å²) in [6.45, 7) is 44.1. The summed E-state index contributed by atoms with van der Waals surface area (Å²) in [5.74, 6) is 3.09. The number of halogens is 2. The van der Waals surface area contributed by atoms with E-state index in [0.29, 0.717) is 17.1 Å². The second-order valence-corrected chi connectivity index (χ2v) is 29.1. The molecule has 0 bridgehead atoms. The molecule has 2 N–H and O–H groups in total. The molecule has 0 radical (unpaired) electrons. The van der Waals surface area contributed by atoms with Gasteiger partial charge in [-0.2, -0.15) is 5.11 Å². The Morgan fingerprint density at radius 2 is 0.841 bits per heavy atom. The minimum Gasteiger partial charge on any atom is -0.457 e. The van der Waals surface area contributed by atoms with Crippen LogP contribution in [-0.4, -0.2) is 102 Å². The molecule has 0 spiro atoms. The third kappa shape index (κ3) is 23.1. The van der Waals surface area contributed by atoms with Crippen LogP contribution in [0.5, 0.6) is 23.0 Å². The van der Waals surface area contributed by atoms with Crippen molar-refractivity contribution in [1.29, 1.82) is 0 Å². The highest BCUT2D eigenvalue weighted by atomic mass is 127. The lowest BCUT2D eigenvalue weighted by molar-refractivity contribution is -0.384. The number of anilines is 7. The van der Waals surface area contributed by atoms with E-state index in [0.717, 1.165) is 164 Å². The number of hydrogen-bond acceptors (Lipinski definition) is 15. The van der Waals surface area contributed by atoms with Crippen molar-refractivity contribution in [3.63, 3.8) is 0 Å². The third-order valence-corrected chi connectivity index (χ3v) is 21.4. The van der Waals surface area contributed by atoms with Crippen molar-refractivity contribution in [3.05, 3.63) is 259 Å². The summed E-state index contributed by atoms with van der Waals surface area (Å²) in [7, 11) is 0. The Labute approximate surface area is 695 Å². The summed E-state index contributed by atoms with van der Waals surface area (Å²) in [6.07, 6.45) is 0. The second kappa shape index (κ2) is 43.5. The highest BCUT2D eigenvalue weighted by Gasteiger charge is 2.17. The van der Waals surface area contributed by atoms with Crippen LogP contribution < -0.4 is 54.5 Å². The number of ether oxygens (including phenoxy) is 2. The average Bonchev–Trinajstić information content (AvgIpc) is 0.772. The van der Waals surface area contributed by atoms with E-state index in [2.05, 4.69) is 332 Å². The lowest BCUT2D eigenvalue weighted by Crippen LogP contribution is -2.29. The van der Waals surface area contributed by atoms with Crippen LogP contribution in [0, 0.1) is 17.3 Å². The van der Waals surface area contributed by atoms with Gasteiger partial charge in [-0.15, -0.1) is 5.11 Å². The van der Waals surface area contributed by atoms with Gasteiger partial charge >= 0.3 is 0 Å². The number of nitrogens with zero attached hydrogens (tertiary/aromatic N) is 11. The Kier molecular flexibility index (Phi) is 33.3. The first-order chi connectivity index (χ1) is 54.9. The van der Waals surface area contributed by atoms with Gasteiger partial charge in [0.2, 0.25) is 5.36 Å². The molecule has 0 saturated heterocycles. The number of nitrogen functional groups attached to an aromatic ring is 1. The fraction of sp³-hybridized carbons (Fsp3) is 0.298. The monoisotopic (exact) mass is 1740 g/mol.